The first-order valence-electron chi connectivity index (χ1n) is 7.96. The van der Waals surface area contributed by atoms with Gasteiger partial charge in [-0.15, -0.1) is 11.3 Å². The molecular formula is C18H18N2OS2. The predicted octanol–water partition coefficient (Wildman–Crippen LogP) is 4.72. The minimum Gasteiger partial charge on any atom is -0.323 e. The lowest BCUT2D eigenvalue weighted by atomic mass is 10.0. The van der Waals surface area contributed by atoms with Gasteiger partial charge in [0.15, 0.2) is 4.77 Å². The second kappa shape index (κ2) is 5.42. The summed E-state index contributed by atoms with van der Waals surface area (Å²) >= 11 is 7.14. The maximum Gasteiger partial charge on any atom is 0.267 e. The lowest BCUT2D eigenvalue weighted by Crippen LogP contribution is -2.20. The monoisotopic (exact) mass is 342 g/mol. The summed E-state index contributed by atoms with van der Waals surface area (Å²) in [6, 6.07) is 8.12. The molecule has 0 saturated heterocycles. The van der Waals surface area contributed by atoms with Crippen LogP contribution in [0.3, 0.4) is 0 Å². The SMILES string of the molecule is CC(C)c1ccc(-n2c(=S)[nH]c3sc4c(c3c2=O)CCC4)cc1. The molecule has 5 heteroatoms. The van der Waals surface area contributed by atoms with Gasteiger partial charge in [0.25, 0.3) is 5.56 Å². The number of nitrogens with one attached hydrogen (secondary N) is 1. The van der Waals surface area contributed by atoms with Crippen molar-refractivity contribution < 1.29 is 0 Å². The number of thiophene rings is 1. The van der Waals surface area contributed by atoms with Crippen molar-refractivity contribution in [2.75, 3.05) is 0 Å². The summed E-state index contributed by atoms with van der Waals surface area (Å²) < 4.78 is 2.10. The summed E-state index contributed by atoms with van der Waals surface area (Å²) in [5.41, 5.74) is 3.34. The van der Waals surface area contributed by atoms with E-state index in [1.807, 2.05) is 12.1 Å². The Bertz CT molecular complexity index is 1010. The highest BCUT2D eigenvalue weighted by molar-refractivity contribution is 7.71. The minimum absolute atomic E-state index is 0.0143. The third-order valence-electron chi connectivity index (χ3n) is 4.58. The predicted molar refractivity (Wildman–Crippen MR) is 98.7 cm³/mol. The molecule has 23 heavy (non-hydrogen) atoms. The van der Waals surface area contributed by atoms with Crippen LogP contribution in [-0.4, -0.2) is 9.55 Å². The van der Waals surface area contributed by atoms with Gasteiger partial charge in [0.2, 0.25) is 0 Å². The van der Waals surface area contributed by atoms with Gasteiger partial charge in [-0.3, -0.25) is 9.36 Å². The first-order chi connectivity index (χ1) is 11.1. The Kier molecular flexibility index (Phi) is 3.50. The number of hydrogen-bond acceptors (Lipinski definition) is 3. The van der Waals surface area contributed by atoms with Crippen LogP contribution in [0.1, 0.15) is 42.2 Å². The van der Waals surface area contributed by atoms with E-state index >= 15 is 0 Å². The molecule has 1 N–H and O–H groups in total. The maximum atomic E-state index is 13.1. The van der Waals surface area contributed by atoms with Crippen LogP contribution in [0.2, 0.25) is 0 Å². The van der Waals surface area contributed by atoms with Gasteiger partial charge >= 0.3 is 0 Å². The molecule has 4 rings (SSSR count). The van der Waals surface area contributed by atoms with Crippen LogP contribution in [0.4, 0.5) is 0 Å². The molecule has 0 unspecified atom stereocenters. The largest absolute Gasteiger partial charge is 0.323 e. The van der Waals surface area contributed by atoms with Crippen LogP contribution in [0.15, 0.2) is 29.1 Å². The molecule has 0 saturated carbocycles. The Balaban J connectivity index is 1.96. The molecule has 2 aromatic heterocycles. The fourth-order valence-electron chi connectivity index (χ4n) is 3.32. The van der Waals surface area contributed by atoms with Crippen LogP contribution >= 0.6 is 23.6 Å². The Morgan fingerprint density at radius 3 is 2.65 bits per heavy atom. The van der Waals surface area contributed by atoms with E-state index in [0.717, 1.165) is 35.2 Å². The summed E-state index contributed by atoms with van der Waals surface area (Å²) in [6.07, 6.45) is 3.23. The van der Waals surface area contributed by atoms with Gasteiger partial charge in [0.1, 0.15) is 4.83 Å². The summed E-state index contributed by atoms with van der Waals surface area (Å²) in [6.45, 7) is 4.32. The highest BCUT2D eigenvalue weighted by Crippen LogP contribution is 2.34. The number of aromatic nitrogens is 2. The molecule has 0 amide bonds. The standard InChI is InChI=1S/C18H18N2OS2/c1-10(2)11-6-8-12(9-7-11)20-17(21)15-13-4-3-5-14(13)23-16(15)19-18(20)22/h6-10H,3-5H2,1-2H3,(H,19,22). The van der Waals surface area contributed by atoms with Crippen LogP contribution in [0.5, 0.6) is 0 Å². The molecule has 3 aromatic rings. The molecular weight excluding hydrogens is 324 g/mol. The fraction of sp³-hybridized carbons (Fsp3) is 0.333. The zero-order valence-corrected chi connectivity index (χ0v) is 14.8. The summed E-state index contributed by atoms with van der Waals surface area (Å²) in [7, 11) is 0. The van der Waals surface area contributed by atoms with Crippen molar-refractivity contribution >= 4 is 33.8 Å². The highest BCUT2D eigenvalue weighted by atomic mass is 32.1. The number of hydrogen-bond donors (Lipinski definition) is 1. The van der Waals surface area contributed by atoms with E-state index in [4.69, 9.17) is 12.2 Å². The van der Waals surface area contributed by atoms with Crippen LogP contribution in [-0.2, 0) is 12.8 Å². The van der Waals surface area contributed by atoms with E-state index in [2.05, 4.69) is 31.0 Å². The zero-order valence-electron chi connectivity index (χ0n) is 13.2. The number of fused-ring (bicyclic) bond motifs is 3. The molecule has 1 aliphatic carbocycles. The molecule has 1 aromatic carbocycles. The lowest BCUT2D eigenvalue weighted by molar-refractivity contribution is 0.862. The number of aryl methyl sites for hydroxylation is 2. The van der Waals surface area contributed by atoms with Crippen molar-refractivity contribution in [3.63, 3.8) is 0 Å². The molecule has 0 bridgehead atoms. The second-order valence-electron chi connectivity index (χ2n) is 6.38. The van der Waals surface area contributed by atoms with Crippen molar-refractivity contribution in [2.24, 2.45) is 0 Å². The average Bonchev–Trinajstić information content (AvgIpc) is 3.07. The molecule has 118 valence electrons. The van der Waals surface area contributed by atoms with Crippen molar-refractivity contribution in [3.8, 4) is 5.69 Å². The molecule has 0 radical (unpaired) electrons. The van der Waals surface area contributed by atoms with E-state index in [-0.39, 0.29) is 5.56 Å². The third-order valence-corrected chi connectivity index (χ3v) is 6.07. The van der Waals surface area contributed by atoms with Gasteiger partial charge in [-0.25, -0.2) is 0 Å². The quantitative estimate of drug-likeness (QED) is 0.684. The van der Waals surface area contributed by atoms with Crippen LogP contribution in [0, 0.1) is 4.77 Å². The average molecular weight is 342 g/mol. The number of aromatic amines is 1. The number of rotatable bonds is 2. The van der Waals surface area contributed by atoms with Crippen LogP contribution < -0.4 is 5.56 Å². The molecule has 2 heterocycles. The van der Waals surface area contributed by atoms with E-state index in [0.29, 0.717) is 10.7 Å². The Morgan fingerprint density at radius 2 is 1.96 bits per heavy atom. The van der Waals surface area contributed by atoms with E-state index in [1.165, 1.54) is 16.0 Å². The summed E-state index contributed by atoms with van der Waals surface area (Å²) in [4.78, 5) is 18.6. The van der Waals surface area contributed by atoms with Crippen molar-refractivity contribution in [1.82, 2.24) is 9.55 Å². The summed E-state index contributed by atoms with van der Waals surface area (Å²) in [5, 5.41) is 0.837. The van der Waals surface area contributed by atoms with Gasteiger partial charge in [-0.2, -0.15) is 0 Å². The van der Waals surface area contributed by atoms with Crippen LogP contribution in [0.25, 0.3) is 15.9 Å². The molecule has 1 aliphatic rings. The van der Waals surface area contributed by atoms with Crippen molar-refractivity contribution in [3.05, 3.63) is 55.4 Å². The minimum atomic E-state index is 0.0143. The van der Waals surface area contributed by atoms with Gasteiger partial charge < -0.3 is 4.98 Å². The fourth-order valence-corrected chi connectivity index (χ4v) is 4.95. The van der Waals surface area contributed by atoms with Gasteiger partial charge in [-0.1, -0.05) is 26.0 Å². The molecule has 0 aliphatic heterocycles. The van der Waals surface area contributed by atoms with Gasteiger partial charge in [-0.05, 0) is 60.7 Å². The molecule has 3 nitrogen and oxygen atoms in total. The molecule has 0 atom stereocenters. The van der Waals surface area contributed by atoms with E-state index in [1.54, 1.807) is 15.9 Å². The lowest BCUT2D eigenvalue weighted by Gasteiger charge is -2.10. The smallest absolute Gasteiger partial charge is 0.267 e. The zero-order chi connectivity index (χ0) is 16.1. The topological polar surface area (TPSA) is 37.8 Å². The first-order valence-corrected chi connectivity index (χ1v) is 9.18. The van der Waals surface area contributed by atoms with Gasteiger partial charge in [0.05, 0.1) is 11.1 Å². The van der Waals surface area contributed by atoms with E-state index < -0.39 is 0 Å². The Labute approximate surface area is 143 Å². The number of nitrogens with zero attached hydrogens (tertiary/aromatic N) is 1. The first kappa shape index (κ1) is 14.8. The van der Waals surface area contributed by atoms with E-state index in [9.17, 15) is 4.79 Å². The molecule has 0 spiro atoms. The normalized spacial score (nSPS) is 13.9. The van der Waals surface area contributed by atoms with Gasteiger partial charge in [0, 0.05) is 4.88 Å². The number of benzene rings is 1. The second-order valence-corrected chi connectivity index (χ2v) is 7.87. The Hall–Kier alpha value is -1.72. The van der Waals surface area contributed by atoms with Crippen molar-refractivity contribution in [1.29, 1.82) is 0 Å². The molecule has 0 fully saturated rings. The maximum absolute atomic E-state index is 13.1. The van der Waals surface area contributed by atoms with Crippen molar-refractivity contribution in [2.45, 2.75) is 39.0 Å². The Morgan fingerprint density at radius 1 is 1.22 bits per heavy atom. The summed E-state index contributed by atoms with van der Waals surface area (Å²) in [5.74, 6) is 0.470. The highest BCUT2D eigenvalue weighted by Gasteiger charge is 2.21. The number of H-pyrrole nitrogens is 1. The third kappa shape index (κ3) is 2.30.